The van der Waals surface area contributed by atoms with Gasteiger partial charge in [-0.2, -0.15) is 0 Å². The highest BCUT2D eigenvalue weighted by Gasteiger charge is 2.11. The van der Waals surface area contributed by atoms with E-state index in [1.165, 1.54) is 20.4 Å². The number of hydrogen-bond acceptors (Lipinski definition) is 5. The standard InChI is InChI=1S/C20H23ClN2O4/c1-5-15-8-6-7-13(2)19(15)23-18(24)12-27-22-11-14-9-16(21)20(26-4)17(10-14)25-3/h6-11H,5,12H2,1-4H3,(H,23,24)/b22-11-. The Morgan fingerprint density at radius 3 is 2.70 bits per heavy atom. The van der Waals surface area contributed by atoms with Gasteiger partial charge in [0.1, 0.15) is 0 Å². The van der Waals surface area contributed by atoms with Gasteiger partial charge in [0.05, 0.1) is 25.5 Å². The third-order valence-electron chi connectivity index (χ3n) is 3.93. The Morgan fingerprint density at radius 2 is 2.04 bits per heavy atom. The Hall–Kier alpha value is -2.73. The Labute approximate surface area is 164 Å². The lowest BCUT2D eigenvalue weighted by Crippen LogP contribution is -2.18. The molecule has 7 heteroatoms. The molecule has 0 heterocycles. The molecular formula is C20H23ClN2O4. The van der Waals surface area contributed by atoms with Gasteiger partial charge in [0.2, 0.25) is 0 Å². The third-order valence-corrected chi connectivity index (χ3v) is 4.21. The molecule has 0 aliphatic rings. The minimum atomic E-state index is -0.276. The maximum absolute atomic E-state index is 12.1. The fourth-order valence-electron chi connectivity index (χ4n) is 2.58. The van der Waals surface area contributed by atoms with Crippen molar-refractivity contribution >= 4 is 29.4 Å². The minimum Gasteiger partial charge on any atom is -0.493 e. The molecule has 0 spiro atoms. The topological polar surface area (TPSA) is 69.2 Å². The first-order valence-electron chi connectivity index (χ1n) is 8.45. The van der Waals surface area contributed by atoms with Crippen LogP contribution in [0.4, 0.5) is 5.69 Å². The summed E-state index contributed by atoms with van der Waals surface area (Å²) in [6.07, 6.45) is 2.28. The average Bonchev–Trinajstić information content (AvgIpc) is 2.66. The average molecular weight is 391 g/mol. The second-order valence-electron chi connectivity index (χ2n) is 5.76. The SMILES string of the molecule is CCc1cccc(C)c1NC(=O)CO/N=C\c1cc(Cl)c(OC)c(OC)c1. The number of rotatable bonds is 8. The molecule has 2 rings (SSSR count). The Balaban J connectivity index is 1.96. The molecular weight excluding hydrogens is 368 g/mol. The second kappa shape index (κ2) is 9.83. The predicted octanol–water partition coefficient (Wildman–Crippen LogP) is 4.22. The summed E-state index contributed by atoms with van der Waals surface area (Å²) >= 11 is 6.14. The lowest BCUT2D eigenvalue weighted by molar-refractivity contribution is -0.120. The Bertz CT molecular complexity index is 837. The van der Waals surface area contributed by atoms with Gasteiger partial charge in [-0.3, -0.25) is 4.79 Å². The fourth-order valence-corrected chi connectivity index (χ4v) is 2.88. The zero-order valence-corrected chi connectivity index (χ0v) is 16.6. The molecule has 1 N–H and O–H groups in total. The normalized spacial score (nSPS) is 10.7. The highest BCUT2D eigenvalue weighted by atomic mass is 35.5. The summed E-state index contributed by atoms with van der Waals surface area (Å²) in [5, 5.41) is 7.09. The van der Waals surface area contributed by atoms with E-state index in [1.54, 1.807) is 12.1 Å². The van der Waals surface area contributed by atoms with Crippen LogP contribution in [0.2, 0.25) is 5.02 Å². The fraction of sp³-hybridized carbons (Fsp3) is 0.300. The van der Waals surface area contributed by atoms with E-state index in [0.717, 1.165) is 23.2 Å². The van der Waals surface area contributed by atoms with Crippen molar-refractivity contribution in [2.24, 2.45) is 5.16 Å². The van der Waals surface area contributed by atoms with Crippen LogP contribution in [0.25, 0.3) is 0 Å². The van der Waals surface area contributed by atoms with Crippen molar-refractivity contribution in [2.45, 2.75) is 20.3 Å². The van der Waals surface area contributed by atoms with Gasteiger partial charge in [-0.05, 0) is 36.6 Å². The number of oxime groups is 1. The second-order valence-corrected chi connectivity index (χ2v) is 6.16. The highest BCUT2D eigenvalue weighted by molar-refractivity contribution is 6.32. The molecule has 1 amide bonds. The number of nitrogens with one attached hydrogen (secondary N) is 1. The maximum Gasteiger partial charge on any atom is 0.265 e. The van der Waals surface area contributed by atoms with E-state index >= 15 is 0 Å². The van der Waals surface area contributed by atoms with Crippen LogP contribution in [0.5, 0.6) is 11.5 Å². The zero-order valence-electron chi connectivity index (χ0n) is 15.8. The first-order chi connectivity index (χ1) is 13.0. The summed E-state index contributed by atoms with van der Waals surface area (Å²) in [6.45, 7) is 3.79. The van der Waals surface area contributed by atoms with E-state index in [0.29, 0.717) is 22.1 Å². The molecule has 0 unspecified atom stereocenters. The van der Waals surface area contributed by atoms with Crippen LogP contribution < -0.4 is 14.8 Å². The molecule has 0 aliphatic heterocycles. The number of aryl methyl sites for hydroxylation is 2. The van der Waals surface area contributed by atoms with Crippen molar-refractivity contribution in [1.82, 2.24) is 0 Å². The third kappa shape index (κ3) is 5.37. The van der Waals surface area contributed by atoms with Crippen LogP contribution in [0.1, 0.15) is 23.6 Å². The van der Waals surface area contributed by atoms with Crippen molar-refractivity contribution in [1.29, 1.82) is 0 Å². The van der Waals surface area contributed by atoms with E-state index < -0.39 is 0 Å². The van der Waals surface area contributed by atoms with Crippen molar-refractivity contribution < 1.29 is 19.1 Å². The molecule has 0 fully saturated rings. The lowest BCUT2D eigenvalue weighted by Gasteiger charge is -2.12. The Morgan fingerprint density at radius 1 is 1.26 bits per heavy atom. The lowest BCUT2D eigenvalue weighted by atomic mass is 10.1. The largest absolute Gasteiger partial charge is 0.493 e. The Kier molecular flexibility index (Phi) is 7.49. The molecule has 2 aromatic rings. The molecule has 2 aromatic carbocycles. The summed E-state index contributed by atoms with van der Waals surface area (Å²) in [7, 11) is 3.03. The molecule has 6 nitrogen and oxygen atoms in total. The highest BCUT2D eigenvalue weighted by Crippen LogP contribution is 2.35. The van der Waals surface area contributed by atoms with Crippen molar-refractivity contribution in [3.63, 3.8) is 0 Å². The molecule has 0 bridgehead atoms. The van der Waals surface area contributed by atoms with Crippen LogP contribution in [0.15, 0.2) is 35.5 Å². The molecule has 0 radical (unpaired) electrons. The molecule has 0 saturated heterocycles. The monoisotopic (exact) mass is 390 g/mol. The molecule has 144 valence electrons. The van der Waals surface area contributed by atoms with Crippen molar-refractivity contribution in [3.05, 3.63) is 52.0 Å². The van der Waals surface area contributed by atoms with Gasteiger partial charge >= 0.3 is 0 Å². The summed E-state index contributed by atoms with van der Waals surface area (Å²) in [4.78, 5) is 17.2. The summed E-state index contributed by atoms with van der Waals surface area (Å²) < 4.78 is 10.4. The van der Waals surface area contributed by atoms with E-state index in [-0.39, 0.29) is 12.5 Å². The maximum atomic E-state index is 12.1. The molecule has 0 atom stereocenters. The van der Waals surface area contributed by atoms with E-state index in [9.17, 15) is 4.79 Å². The van der Waals surface area contributed by atoms with Crippen LogP contribution >= 0.6 is 11.6 Å². The number of para-hydroxylation sites is 1. The first-order valence-corrected chi connectivity index (χ1v) is 8.83. The molecule has 27 heavy (non-hydrogen) atoms. The number of carbonyl (C=O) groups is 1. The van der Waals surface area contributed by atoms with E-state index in [4.69, 9.17) is 25.9 Å². The van der Waals surface area contributed by atoms with Crippen molar-refractivity contribution in [2.75, 3.05) is 26.1 Å². The van der Waals surface area contributed by atoms with E-state index in [2.05, 4.69) is 10.5 Å². The van der Waals surface area contributed by atoms with Gasteiger partial charge < -0.3 is 19.6 Å². The van der Waals surface area contributed by atoms with Crippen LogP contribution in [-0.4, -0.2) is 32.9 Å². The zero-order chi connectivity index (χ0) is 19.8. The quantitative estimate of drug-likeness (QED) is 0.541. The van der Waals surface area contributed by atoms with Gasteiger partial charge in [-0.15, -0.1) is 0 Å². The molecule has 0 aromatic heterocycles. The summed E-state index contributed by atoms with van der Waals surface area (Å²) in [5.74, 6) is 0.652. The van der Waals surface area contributed by atoms with E-state index in [1.807, 2.05) is 32.0 Å². The number of carbonyl (C=O) groups excluding carboxylic acids is 1. The van der Waals surface area contributed by atoms with Crippen LogP contribution in [0, 0.1) is 6.92 Å². The van der Waals surface area contributed by atoms with Crippen LogP contribution in [0.3, 0.4) is 0 Å². The summed E-state index contributed by atoms with van der Waals surface area (Å²) in [6, 6.07) is 9.28. The van der Waals surface area contributed by atoms with Gasteiger partial charge in [-0.25, -0.2) is 0 Å². The minimum absolute atomic E-state index is 0.199. The van der Waals surface area contributed by atoms with Crippen LogP contribution in [-0.2, 0) is 16.1 Å². The summed E-state index contributed by atoms with van der Waals surface area (Å²) in [5.41, 5.74) is 3.56. The van der Waals surface area contributed by atoms with Crippen molar-refractivity contribution in [3.8, 4) is 11.5 Å². The number of halogens is 1. The van der Waals surface area contributed by atoms with Gasteiger partial charge in [-0.1, -0.05) is 41.9 Å². The number of anilines is 1. The molecule has 0 saturated carbocycles. The predicted molar refractivity (Wildman–Crippen MR) is 107 cm³/mol. The number of benzene rings is 2. The first kappa shape index (κ1) is 20.6. The number of methoxy groups -OCH3 is 2. The number of hydrogen-bond donors (Lipinski definition) is 1. The van der Waals surface area contributed by atoms with Gasteiger partial charge in [0, 0.05) is 11.3 Å². The van der Waals surface area contributed by atoms with Gasteiger partial charge in [0.25, 0.3) is 5.91 Å². The van der Waals surface area contributed by atoms with Gasteiger partial charge in [0.15, 0.2) is 18.1 Å². The molecule has 0 aliphatic carbocycles. The number of ether oxygens (including phenoxy) is 2. The number of amides is 1. The number of nitrogens with zero attached hydrogens (tertiary/aromatic N) is 1. The smallest absolute Gasteiger partial charge is 0.265 e.